The number of hydrogen-bond acceptors (Lipinski definition) is 3. The van der Waals surface area contributed by atoms with Gasteiger partial charge in [0.2, 0.25) is 0 Å². The van der Waals surface area contributed by atoms with Crippen LogP contribution in [0.3, 0.4) is 0 Å². The van der Waals surface area contributed by atoms with E-state index in [4.69, 9.17) is 10.4 Å². The van der Waals surface area contributed by atoms with Gasteiger partial charge in [0.1, 0.15) is 0 Å². The normalized spacial score (nSPS) is 11.8. The Morgan fingerprint density at radius 2 is 2.35 bits per heavy atom. The van der Waals surface area contributed by atoms with E-state index in [9.17, 15) is 4.79 Å². The molecule has 1 atom stereocenters. The molecule has 1 unspecified atom stereocenters. The third kappa shape index (κ3) is 5.14. The number of benzene rings is 1. The zero-order chi connectivity index (χ0) is 12.7. The van der Waals surface area contributed by atoms with E-state index in [1.807, 2.05) is 25.1 Å². The predicted octanol–water partition coefficient (Wildman–Crippen LogP) is 1.90. The first-order valence-corrected chi connectivity index (χ1v) is 5.56. The number of carboxylic acid groups (broad SMARTS) is 1. The zero-order valence-electron chi connectivity index (χ0n) is 9.81. The molecule has 4 nitrogen and oxygen atoms in total. The Morgan fingerprint density at radius 1 is 1.59 bits per heavy atom. The maximum absolute atomic E-state index is 10.4. The Morgan fingerprint density at radius 3 is 3.00 bits per heavy atom. The Hall–Kier alpha value is -1.86. The molecule has 90 valence electrons. The van der Waals surface area contributed by atoms with Crippen LogP contribution in [0.5, 0.6) is 0 Å². The van der Waals surface area contributed by atoms with Crippen LogP contribution >= 0.6 is 0 Å². The minimum absolute atomic E-state index is 0.150. The van der Waals surface area contributed by atoms with Crippen LogP contribution in [0, 0.1) is 11.3 Å². The van der Waals surface area contributed by atoms with E-state index in [0.29, 0.717) is 18.5 Å². The Bertz CT molecular complexity index is 424. The lowest BCUT2D eigenvalue weighted by Gasteiger charge is -2.12. The van der Waals surface area contributed by atoms with Crippen molar-refractivity contribution < 1.29 is 9.90 Å². The van der Waals surface area contributed by atoms with Gasteiger partial charge in [-0.2, -0.15) is 5.26 Å². The van der Waals surface area contributed by atoms with Crippen molar-refractivity contribution in [2.75, 3.05) is 0 Å². The van der Waals surface area contributed by atoms with Crippen molar-refractivity contribution in [1.82, 2.24) is 5.32 Å². The van der Waals surface area contributed by atoms with Crippen molar-refractivity contribution in [3.05, 3.63) is 35.4 Å². The number of nitrogens with zero attached hydrogens (tertiary/aromatic N) is 1. The van der Waals surface area contributed by atoms with Crippen LogP contribution in [0.2, 0.25) is 0 Å². The molecule has 0 aliphatic heterocycles. The second-order valence-corrected chi connectivity index (χ2v) is 4.03. The van der Waals surface area contributed by atoms with E-state index >= 15 is 0 Å². The van der Waals surface area contributed by atoms with E-state index in [1.54, 1.807) is 6.07 Å². The lowest BCUT2D eigenvalue weighted by atomic mass is 10.1. The largest absolute Gasteiger partial charge is 0.481 e. The lowest BCUT2D eigenvalue weighted by Crippen LogP contribution is -2.26. The summed E-state index contributed by atoms with van der Waals surface area (Å²) >= 11 is 0. The Labute approximate surface area is 101 Å². The van der Waals surface area contributed by atoms with Gasteiger partial charge in [0.25, 0.3) is 0 Å². The summed E-state index contributed by atoms with van der Waals surface area (Å²) in [6.07, 6.45) is 0.777. The molecular formula is C13H16N2O2. The van der Waals surface area contributed by atoms with Crippen molar-refractivity contribution in [3.8, 4) is 6.07 Å². The molecule has 0 aromatic heterocycles. The molecule has 4 heteroatoms. The van der Waals surface area contributed by atoms with Crippen molar-refractivity contribution in [2.24, 2.45) is 0 Å². The van der Waals surface area contributed by atoms with Gasteiger partial charge in [0, 0.05) is 19.0 Å². The van der Waals surface area contributed by atoms with Crippen LogP contribution in [-0.4, -0.2) is 17.1 Å². The van der Waals surface area contributed by atoms with Gasteiger partial charge in [-0.25, -0.2) is 0 Å². The van der Waals surface area contributed by atoms with E-state index in [0.717, 1.165) is 5.56 Å². The standard InChI is InChI=1S/C13H16N2O2/c1-10(5-6-13(16)17)15-9-12-4-2-3-11(7-12)8-14/h2-4,7,10,15H,5-6,9H2,1H3,(H,16,17). The summed E-state index contributed by atoms with van der Waals surface area (Å²) in [5.74, 6) is -0.773. The van der Waals surface area contributed by atoms with E-state index in [-0.39, 0.29) is 12.5 Å². The van der Waals surface area contributed by atoms with Gasteiger partial charge >= 0.3 is 5.97 Å². The molecule has 0 amide bonds. The number of carbonyl (C=O) groups is 1. The third-order valence-corrected chi connectivity index (χ3v) is 2.50. The average molecular weight is 232 g/mol. The molecule has 1 aromatic carbocycles. The van der Waals surface area contributed by atoms with Crippen LogP contribution in [-0.2, 0) is 11.3 Å². The summed E-state index contributed by atoms with van der Waals surface area (Å²) < 4.78 is 0. The first-order valence-electron chi connectivity index (χ1n) is 5.56. The summed E-state index contributed by atoms with van der Waals surface area (Å²) in [5.41, 5.74) is 1.67. The van der Waals surface area contributed by atoms with Crippen LogP contribution in [0.4, 0.5) is 0 Å². The predicted molar refractivity (Wildman–Crippen MR) is 64.3 cm³/mol. The van der Waals surface area contributed by atoms with Gasteiger partial charge in [-0.05, 0) is 31.0 Å². The van der Waals surface area contributed by atoms with Crippen LogP contribution < -0.4 is 5.32 Å². The van der Waals surface area contributed by atoms with Gasteiger partial charge < -0.3 is 10.4 Å². The Balaban J connectivity index is 2.39. The first-order chi connectivity index (χ1) is 8.11. The fourth-order valence-electron chi connectivity index (χ4n) is 1.48. The van der Waals surface area contributed by atoms with Gasteiger partial charge in [0.15, 0.2) is 0 Å². The van der Waals surface area contributed by atoms with Gasteiger partial charge in [-0.15, -0.1) is 0 Å². The first kappa shape index (κ1) is 13.2. The average Bonchev–Trinajstić information content (AvgIpc) is 2.34. The molecule has 0 saturated carbocycles. The van der Waals surface area contributed by atoms with Crippen molar-refractivity contribution >= 4 is 5.97 Å². The summed E-state index contributed by atoms with van der Waals surface area (Å²) in [4.78, 5) is 10.4. The van der Waals surface area contributed by atoms with E-state index in [1.165, 1.54) is 0 Å². The third-order valence-electron chi connectivity index (χ3n) is 2.50. The summed E-state index contributed by atoms with van der Waals surface area (Å²) in [6.45, 7) is 2.60. The molecule has 0 heterocycles. The molecule has 0 aliphatic carbocycles. The smallest absolute Gasteiger partial charge is 0.303 e. The maximum Gasteiger partial charge on any atom is 0.303 e. The second-order valence-electron chi connectivity index (χ2n) is 4.03. The summed E-state index contributed by atoms with van der Waals surface area (Å²) in [6, 6.07) is 9.62. The highest BCUT2D eigenvalue weighted by Gasteiger charge is 2.04. The molecule has 0 saturated heterocycles. The number of hydrogen-bond donors (Lipinski definition) is 2. The van der Waals surface area contributed by atoms with Gasteiger partial charge in [-0.1, -0.05) is 12.1 Å². The summed E-state index contributed by atoms with van der Waals surface area (Å²) in [5, 5.41) is 20.5. The van der Waals surface area contributed by atoms with Crippen LogP contribution in [0.1, 0.15) is 30.9 Å². The monoisotopic (exact) mass is 232 g/mol. The van der Waals surface area contributed by atoms with Crippen molar-refractivity contribution in [3.63, 3.8) is 0 Å². The highest BCUT2D eigenvalue weighted by molar-refractivity contribution is 5.66. The minimum atomic E-state index is -0.773. The highest BCUT2D eigenvalue weighted by Crippen LogP contribution is 2.05. The highest BCUT2D eigenvalue weighted by atomic mass is 16.4. The van der Waals surface area contributed by atoms with Crippen molar-refractivity contribution in [2.45, 2.75) is 32.4 Å². The number of nitrogens with one attached hydrogen (secondary N) is 1. The van der Waals surface area contributed by atoms with Gasteiger partial charge in [-0.3, -0.25) is 4.79 Å². The number of rotatable bonds is 6. The number of nitriles is 1. The number of aliphatic carboxylic acids is 1. The molecule has 1 aromatic rings. The minimum Gasteiger partial charge on any atom is -0.481 e. The lowest BCUT2D eigenvalue weighted by molar-refractivity contribution is -0.137. The van der Waals surface area contributed by atoms with Gasteiger partial charge in [0.05, 0.1) is 11.6 Å². The second kappa shape index (κ2) is 6.66. The molecule has 0 spiro atoms. The molecule has 2 N–H and O–H groups in total. The molecule has 0 aliphatic rings. The van der Waals surface area contributed by atoms with Crippen LogP contribution in [0.15, 0.2) is 24.3 Å². The fourth-order valence-corrected chi connectivity index (χ4v) is 1.48. The molecular weight excluding hydrogens is 216 g/mol. The Kier molecular flexibility index (Phi) is 5.18. The zero-order valence-corrected chi connectivity index (χ0v) is 9.81. The topological polar surface area (TPSA) is 73.1 Å². The molecule has 0 radical (unpaired) electrons. The SMILES string of the molecule is CC(CCC(=O)O)NCc1cccc(C#N)c1. The molecule has 0 bridgehead atoms. The maximum atomic E-state index is 10.4. The fraction of sp³-hybridized carbons (Fsp3) is 0.385. The van der Waals surface area contributed by atoms with E-state index in [2.05, 4.69) is 11.4 Å². The van der Waals surface area contributed by atoms with E-state index < -0.39 is 5.97 Å². The number of carboxylic acids is 1. The molecule has 0 fully saturated rings. The quantitative estimate of drug-likeness (QED) is 0.785. The van der Waals surface area contributed by atoms with Crippen molar-refractivity contribution in [1.29, 1.82) is 5.26 Å². The molecule has 1 rings (SSSR count). The van der Waals surface area contributed by atoms with Crippen LogP contribution in [0.25, 0.3) is 0 Å². The molecule has 17 heavy (non-hydrogen) atoms. The summed E-state index contributed by atoms with van der Waals surface area (Å²) in [7, 11) is 0.